The molecule has 210 valence electrons. The van der Waals surface area contributed by atoms with Gasteiger partial charge in [-0.3, -0.25) is 9.59 Å². The van der Waals surface area contributed by atoms with Gasteiger partial charge in [-0.2, -0.15) is 0 Å². The van der Waals surface area contributed by atoms with Gasteiger partial charge in [0.15, 0.2) is 0 Å². The summed E-state index contributed by atoms with van der Waals surface area (Å²) in [7, 11) is 1.71. The molecule has 1 aliphatic heterocycles. The Balaban J connectivity index is 1.37. The first-order chi connectivity index (χ1) is 19.2. The van der Waals surface area contributed by atoms with Crippen molar-refractivity contribution in [3.8, 4) is 5.75 Å². The smallest absolute Gasteiger partial charge is 0.321 e. The molecule has 1 aliphatic carbocycles. The molecule has 0 radical (unpaired) electrons. The van der Waals surface area contributed by atoms with E-state index in [4.69, 9.17) is 4.74 Å². The Morgan fingerprint density at radius 3 is 2.60 bits per heavy atom. The number of fused-ring (bicyclic) bond motifs is 2. The van der Waals surface area contributed by atoms with Crippen molar-refractivity contribution in [1.82, 2.24) is 9.80 Å². The van der Waals surface area contributed by atoms with Crippen LogP contribution >= 0.6 is 0 Å². The van der Waals surface area contributed by atoms with E-state index < -0.39 is 12.1 Å². The maximum absolute atomic E-state index is 13.6. The Morgan fingerprint density at radius 2 is 1.85 bits per heavy atom. The number of anilines is 2. The first kappa shape index (κ1) is 27.5. The van der Waals surface area contributed by atoms with Crippen LogP contribution in [-0.2, 0) is 4.79 Å². The monoisotopic (exact) mass is 544 g/mol. The van der Waals surface area contributed by atoms with Gasteiger partial charge in [0.25, 0.3) is 5.91 Å². The number of likely N-dealkylation sites (N-methyl/N-ethyl adjacent to an activating group) is 1. The Bertz CT molecular complexity index is 1420. The van der Waals surface area contributed by atoms with E-state index >= 15 is 0 Å². The fraction of sp³-hybridized carbons (Fsp3) is 0.387. The SMILES string of the molecule is C[C@H]1CN([C@@H](C)CO)C(=O)c2cc(NC(=O)C3CC3)ccc2O[C@H]1CN(C)C(=O)Nc1cccc2ccccc12. The van der Waals surface area contributed by atoms with Crippen LogP contribution in [0.3, 0.4) is 0 Å². The number of benzene rings is 3. The molecule has 3 N–H and O–H groups in total. The van der Waals surface area contributed by atoms with Crippen molar-refractivity contribution in [3.63, 3.8) is 0 Å². The standard InChI is InChI=1S/C31H36N4O5/c1-19-16-35(20(2)18-36)30(38)25-15-23(32-29(37)22-11-12-22)13-14-27(25)40-28(19)17-34(3)31(39)33-26-10-6-8-21-7-4-5-9-24(21)26/h4-10,13-15,19-20,22,28,36H,11-12,16-18H2,1-3H3,(H,32,37)(H,33,39)/t19-,20-,28-/m0/s1. The van der Waals surface area contributed by atoms with E-state index in [1.165, 1.54) is 0 Å². The minimum atomic E-state index is -0.435. The van der Waals surface area contributed by atoms with Gasteiger partial charge in [-0.1, -0.05) is 43.3 Å². The van der Waals surface area contributed by atoms with E-state index in [-0.39, 0.29) is 42.8 Å². The molecular formula is C31H36N4O5. The summed E-state index contributed by atoms with van der Waals surface area (Å²) in [6.45, 7) is 4.19. The Hall–Kier alpha value is -4.11. The van der Waals surface area contributed by atoms with Gasteiger partial charge in [0.2, 0.25) is 5.91 Å². The molecule has 40 heavy (non-hydrogen) atoms. The molecule has 0 bridgehead atoms. The maximum atomic E-state index is 13.6. The molecule has 5 rings (SSSR count). The van der Waals surface area contributed by atoms with Crippen LogP contribution in [0.1, 0.15) is 37.0 Å². The molecule has 0 spiro atoms. The zero-order chi connectivity index (χ0) is 28.4. The largest absolute Gasteiger partial charge is 0.487 e. The number of ether oxygens (including phenoxy) is 1. The quantitative estimate of drug-likeness (QED) is 0.404. The maximum Gasteiger partial charge on any atom is 0.321 e. The van der Waals surface area contributed by atoms with E-state index in [9.17, 15) is 19.5 Å². The van der Waals surface area contributed by atoms with Crippen molar-refractivity contribution < 1.29 is 24.2 Å². The number of hydrogen-bond acceptors (Lipinski definition) is 5. The average Bonchev–Trinajstić information content (AvgIpc) is 3.81. The third-order valence-corrected chi connectivity index (χ3v) is 7.71. The fourth-order valence-electron chi connectivity index (χ4n) is 5.01. The van der Waals surface area contributed by atoms with Gasteiger partial charge in [-0.05, 0) is 49.4 Å². The molecular weight excluding hydrogens is 508 g/mol. The van der Waals surface area contributed by atoms with Crippen molar-refractivity contribution in [2.45, 2.75) is 38.8 Å². The molecule has 9 nitrogen and oxygen atoms in total. The van der Waals surface area contributed by atoms with E-state index in [1.54, 1.807) is 42.0 Å². The van der Waals surface area contributed by atoms with Crippen LogP contribution in [0.2, 0.25) is 0 Å². The molecule has 3 aromatic rings. The van der Waals surface area contributed by atoms with Gasteiger partial charge in [0.1, 0.15) is 11.9 Å². The predicted octanol–water partition coefficient (Wildman–Crippen LogP) is 4.57. The molecule has 9 heteroatoms. The number of aliphatic hydroxyl groups is 1. The van der Waals surface area contributed by atoms with Crippen LogP contribution < -0.4 is 15.4 Å². The molecule has 3 aromatic carbocycles. The summed E-state index contributed by atoms with van der Waals surface area (Å²) in [5.74, 6) is -0.0608. The number of nitrogens with zero attached hydrogens (tertiary/aromatic N) is 2. The number of hydrogen-bond donors (Lipinski definition) is 3. The Labute approximate surface area is 234 Å². The van der Waals surface area contributed by atoms with Crippen LogP contribution in [0.5, 0.6) is 5.75 Å². The number of nitrogens with one attached hydrogen (secondary N) is 2. The van der Waals surface area contributed by atoms with Gasteiger partial charge in [-0.25, -0.2) is 4.79 Å². The lowest BCUT2D eigenvalue weighted by Gasteiger charge is -2.38. The molecule has 0 unspecified atom stereocenters. The van der Waals surface area contributed by atoms with Crippen LogP contribution in [-0.4, -0.2) is 71.6 Å². The minimum absolute atomic E-state index is 0.0284. The van der Waals surface area contributed by atoms with E-state index in [0.717, 1.165) is 29.3 Å². The highest BCUT2D eigenvalue weighted by molar-refractivity contribution is 6.02. The molecule has 1 saturated carbocycles. The Morgan fingerprint density at radius 1 is 1.10 bits per heavy atom. The summed E-state index contributed by atoms with van der Waals surface area (Å²) in [6, 6.07) is 18.0. The summed E-state index contributed by atoms with van der Waals surface area (Å²) >= 11 is 0. The third-order valence-electron chi connectivity index (χ3n) is 7.71. The second-order valence-corrected chi connectivity index (χ2v) is 10.9. The van der Waals surface area contributed by atoms with E-state index in [2.05, 4.69) is 10.6 Å². The number of urea groups is 1. The van der Waals surface area contributed by atoms with E-state index in [0.29, 0.717) is 23.5 Å². The molecule has 3 atom stereocenters. The second-order valence-electron chi connectivity index (χ2n) is 10.9. The lowest BCUT2D eigenvalue weighted by atomic mass is 9.99. The molecule has 1 fully saturated rings. The fourth-order valence-corrected chi connectivity index (χ4v) is 5.01. The lowest BCUT2D eigenvalue weighted by Crippen LogP contribution is -2.50. The van der Waals surface area contributed by atoms with Gasteiger partial charge >= 0.3 is 6.03 Å². The molecule has 4 amide bonds. The molecule has 0 saturated heterocycles. The van der Waals surface area contributed by atoms with Gasteiger partial charge in [0.05, 0.1) is 30.4 Å². The van der Waals surface area contributed by atoms with Crippen molar-refractivity contribution in [2.24, 2.45) is 11.8 Å². The second kappa shape index (κ2) is 11.6. The number of carbonyl (C=O) groups is 3. The zero-order valence-corrected chi connectivity index (χ0v) is 23.1. The first-order valence-corrected chi connectivity index (χ1v) is 13.8. The van der Waals surface area contributed by atoms with Crippen LogP contribution in [0.4, 0.5) is 16.2 Å². The summed E-state index contributed by atoms with van der Waals surface area (Å²) in [5, 5.41) is 17.8. The number of amides is 4. The summed E-state index contributed by atoms with van der Waals surface area (Å²) in [5.41, 5.74) is 1.57. The van der Waals surface area contributed by atoms with Gasteiger partial charge in [0, 0.05) is 36.5 Å². The third kappa shape index (κ3) is 5.89. The topological polar surface area (TPSA) is 111 Å². The van der Waals surface area contributed by atoms with Crippen LogP contribution in [0, 0.1) is 11.8 Å². The first-order valence-electron chi connectivity index (χ1n) is 13.8. The number of carbonyl (C=O) groups excluding carboxylic acids is 3. The average molecular weight is 545 g/mol. The lowest BCUT2D eigenvalue weighted by molar-refractivity contribution is -0.117. The van der Waals surface area contributed by atoms with Crippen molar-refractivity contribution in [3.05, 3.63) is 66.2 Å². The molecule has 1 heterocycles. The van der Waals surface area contributed by atoms with E-state index in [1.807, 2.05) is 49.4 Å². The summed E-state index contributed by atoms with van der Waals surface area (Å²) < 4.78 is 6.40. The molecule has 0 aromatic heterocycles. The zero-order valence-electron chi connectivity index (χ0n) is 23.1. The van der Waals surface area contributed by atoms with Crippen molar-refractivity contribution >= 4 is 40.0 Å². The Kier molecular flexibility index (Phi) is 7.93. The highest BCUT2D eigenvalue weighted by Crippen LogP contribution is 2.33. The normalized spacial score (nSPS) is 19.6. The van der Waals surface area contributed by atoms with Crippen molar-refractivity contribution in [2.75, 3.05) is 37.4 Å². The van der Waals surface area contributed by atoms with Crippen LogP contribution in [0.15, 0.2) is 60.7 Å². The highest BCUT2D eigenvalue weighted by Gasteiger charge is 2.35. The van der Waals surface area contributed by atoms with Gasteiger partial charge < -0.3 is 30.3 Å². The summed E-state index contributed by atoms with van der Waals surface area (Å²) in [4.78, 5) is 42.4. The predicted molar refractivity (Wildman–Crippen MR) is 155 cm³/mol. The highest BCUT2D eigenvalue weighted by atomic mass is 16.5. The number of aliphatic hydroxyl groups excluding tert-OH is 1. The minimum Gasteiger partial charge on any atom is -0.487 e. The van der Waals surface area contributed by atoms with Crippen LogP contribution in [0.25, 0.3) is 10.8 Å². The number of rotatable bonds is 7. The molecule has 2 aliphatic rings. The summed E-state index contributed by atoms with van der Waals surface area (Å²) in [6.07, 6.45) is 1.32. The van der Waals surface area contributed by atoms with Crippen molar-refractivity contribution in [1.29, 1.82) is 0 Å². The van der Waals surface area contributed by atoms with Gasteiger partial charge in [-0.15, -0.1) is 0 Å².